The zero-order valence-electron chi connectivity index (χ0n) is 13.6. The zero-order chi connectivity index (χ0) is 17.0. The highest BCUT2D eigenvalue weighted by molar-refractivity contribution is 5.95. The van der Waals surface area contributed by atoms with Crippen molar-refractivity contribution in [2.75, 3.05) is 14.2 Å². The molecule has 2 aromatic carbocycles. The van der Waals surface area contributed by atoms with Crippen LogP contribution in [0.15, 0.2) is 42.5 Å². The molecule has 122 valence electrons. The monoisotopic (exact) mass is 317 g/mol. The molecule has 0 aromatic heterocycles. The lowest BCUT2D eigenvalue weighted by molar-refractivity contribution is 0.0910. The van der Waals surface area contributed by atoms with Crippen LogP contribution in [0.5, 0.6) is 11.5 Å². The molecule has 4 nitrogen and oxygen atoms in total. The Hall–Kier alpha value is -2.56. The van der Waals surface area contributed by atoms with Crippen molar-refractivity contribution in [2.45, 2.75) is 19.4 Å². The minimum absolute atomic E-state index is 0.320. The summed E-state index contributed by atoms with van der Waals surface area (Å²) in [6.07, 6.45) is 0. The number of nitrogens with one attached hydrogen (secondary N) is 1. The van der Waals surface area contributed by atoms with Crippen molar-refractivity contribution in [2.24, 2.45) is 0 Å². The van der Waals surface area contributed by atoms with E-state index in [9.17, 15) is 9.18 Å². The number of carbonyl (C=O) groups is 1. The Bertz CT molecular complexity index is 713. The highest BCUT2D eigenvalue weighted by Crippen LogP contribution is 2.28. The Morgan fingerprint density at radius 3 is 2.30 bits per heavy atom. The van der Waals surface area contributed by atoms with Gasteiger partial charge in [-0.1, -0.05) is 18.2 Å². The molecule has 5 heteroatoms. The van der Waals surface area contributed by atoms with Gasteiger partial charge in [0.2, 0.25) is 0 Å². The van der Waals surface area contributed by atoms with E-state index >= 15 is 0 Å². The van der Waals surface area contributed by atoms with Gasteiger partial charge in [-0.3, -0.25) is 4.79 Å². The van der Waals surface area contributed by atoms with E-state index in [0.29, 0.717) is 22.6 Å². The van der Waals surface area contributed by atoms with Gasteiger partial charge < -0.3 is 14.8 Å². The van der Waals surface area contributed by atoms with Gasteiger partial charge in [-0.15, -0.1) is 0 Å². The van der Waals surface area contributed by atoms with Crippen LogP contribution in [0, 0.1) is 5.82 Å². The van der Waals surface area contributed by atoms with Gasteiger partial charge in [-0.2, -0.15) is 0 Å². The highest BCUT2D eigenvalue weighted by atomic mass is 19.1. The van der Waals surface area contributed by atoms with Crippen LogP contribution in [-0.4, -0.2) is 20.1 Å². The van der Waals surface area contributed by atoms with Gasteiger partial charge in [0.05, 0.1) is 19.8 Å². The summed E-state index contributed by atoms with van der Waals surface area (Å²) in [4.78, 5) is 12.5. The number of ether oxygens (including phenoxy) is 2. The molecule has 0 saturated carbocycles. The molecule has 23 heavy (non-hydrogen) atoms. The summed E-state index contributed by atoms with van der Waals surface area (Å²) in [5, 5.41) is 2.84. The first kappa shape index (κ1) is 16.8. The van der Waals surface area contributed by atoms with Gasteiger partial charge in [-0.25, -0.2) is 4.39 Å². The Balaban J connectivity index is 2.26. The third kappa shape index (κ3) is 3.62. The second-order valence-corrected chi connectivity index (χ2v) is 5.63. The average molecular weight is 317 g/mol. The van der Waals surface area contributed by atoms with Crippen LogP contribution in [0.2, 0.25) is 0 Å². The summed E-state index contributed by atoms with van der Waals surface area (Å²) in [7, 11) is 3.03. The van der Waals surface area contributed by atoms with Crippen LogP contribution in [-0.2, 0) is 5.54 Å². The number of benzene rings is 2. The summed E-state index contributed by atoms with van der Waals surface area (Å²) in [5.74, 6) is 0.325. The van der Waals surface area contributed by atoms with E-state index in [-0.39, 0.29) is 11.7 Å². The first-order valence-corrected chi connectivity index (χ1v) is 7.18. The molecule has 0 aliphatic carbocycles. The van der Waals surface area contributed by atoms with Gasteiger partial charge in [0.25, 0.3) is 5.91 Å². The second-order valence-electron chi connectivity index (χ2n) is 5.63. The predicted molar refractivity (Wildman–Crippen MR) is 86.4 cm³/mol. The number of halogens is 1. The van der Waals surface area contributed by atoms with Gasteiger partial charge in [-0.05, 0) is 38.1 Å². The van der Waals surface area contributed by atoms with Crippen LogP contribution in [0.3, 0.4) is 0 Å². The van der Waals surface area contributed by atoms with Gasteiger partial charge in [0.1, 0.15) is 5.82 Å². The molecule has 1 N–H and O–H groups in total. The molecule has 0 atom stereocenters. The summed E-state index contributed by atoms with van der Waals surface area (Å²) in [5.41, 5.74) is -0.0174. The lowest BCUT2D eigenvalue weighted by atomic mass is 9.93. The zero-order valence-corrected chi connectivity index (χ0v) is 13.6. The number of carbonyl (C=O) groups excluding carboxylic acids is 1. The van der Waals surface area contributed by atoms with Crippen molar-refractivity contribution in [3.05, 3.63) is 59.4 Å². The Morgan fingerprint density at radius 1 is 1.04 bits per heavy atom. The van der Waals surface area contributed by atoms with Crippen LogP contribution >= 0.6 is 0 Å². The quantitative estimate of drug-likeness (QED) is 0.918. The van der Waals surface area contributed by atoms with E-state index in [1.807, 2.05) is 0 Å². The summed E-state index contributed by atoms with van der Waals surface area (Å²) in [6.45, 7) is 3.51. The first-order valence-electron chi connectivity index (χ1n) is 7.18. The lowest BCUT2D eigenvalue weighted by Gasteiger charge is -2.27. The molecule has 0 aliphatic rings. The standard InChI is InChI=1S/C18H20FNO3/c1-18(2,13-7-5-6-8-14(13)19)20-17(21)12-9-10-15(22-3)16(11-12)23-4/h5-11H,1-4H3,(H,20,21). The predicted octanol–water partition coefficient (Wildman–Crippen LogP) is 3.51. The van der Waals surface area contributed by atoms with E-state index in [1.54, 1.807) is 50.2 Å². The minimum atomic E-state index is -0.852. The van der Waals surface area contributed by atoms with Crippen molar-refractivity contribution in [1.82, 2.24) is 5.32 Å². The molecule has 0 saturated heterocycles. The van der Waals surface area contributed by atoms with Crippen LogP contribution < -0.4 is 14.8 Å². The summed E-state index contributed by atoms with van der Waals surface area (Å²) >= 11 is 0. The van der Waals surface area contributed by atoms with E-state index in [0.717, 1.165) is 0 Å². The smallest absolute Gasteiger partial charge is 0.252 e. The maximum atomic E-state index is 14.0. The first-order chi connectivity index (χ1) is 10.9. The number of hydrogen-bond donors (Lipinski definition) is 1. The van der Waals surface area contributed by atoms with E-state index < -0.39 is 5.54 Å². The van der Waals surface area contributed by atoms with Crippen LogP contribution in [0.25, 0.3) is 0 Å². The Kier molecular flexibility index (Phi) is 4.89. The molecule has 2 aromatic rings. The fourth-order valence-corrected chi connectivity index (χ4v) is 2.37. The van der Waals surface area contributed by atoms with Crippen molar-refractivity contribution < 1.29 is 18.7 Å². The van der Waals surface area contributed by atoms with Crippen molar-refractivity contribution in [3.8, 4) is 11.5 Å². The molecular weight excluding hydrogens is 297 g/mol. The third-order valence-corrected chi connectivity index (χ3v) is 3.62. The van der Waals surface area contributed by atoms with E-state index in [2.05, 4.69) is 5.32 Å². The van der Waals surface area contributed by atoms with Gasteiger partial charge in [0.15, 0.2) is 11.5 Å². The lowest BCUT2D eigenvalue weighted by Crippen LogP contribution is -2.41. The largest absolute Gasteiger partial charge is 0.493 e. The maximum Gasteiger partial charge on any atom is 0.252 e. The minimum Gasteiger partial charge on any atom is -0.493 e. The Labute approximate surface area is 135 Å². The van der Waals surface area contributed by atoms with Crippen LogP contribution in [0.4, 0.5) is 4.39 Å². The topological polar surface area (TPSA) is 47.6 Å². The molecule has 0 unspecified atom stereocenters. The molecule has 0 radical (unpaired) electrons. The molecule has 0 fully saturated rings. The van der Waals surface area contributed by atoms with Crippen molar-refractivity contribution >= 4 is 5.91 Å². The molecular formula is C18H20FNO3. The van der Waals surface area contributed by atoms with Gasteiger partial charge >= 0.3 is 0 Å². The fourth-order valence-electron chi connectivity index (χ4n) is 2.37. The highest BCUT2D eigenvalue weighted by Gasteiger charge is 2.26. The normalized spacial score (nSPS) is 11.0. The fraction of sp³-hybridized carbons (Fsp3) is 0.278. The molecule has 0 spiro atoms. The van der Waals surface area contributed by atoms with E-state index in [4.69, 9.17) is 9.47 Å². The van der Waals surface area contributed by atoms with Crippen molar-refractivity contribution in [3.63, 3.8) is 0 Å². The van der Waals surface area contributed by atoms with E-state index in [1.165, 1.54) is 20.3 Å². The average Bonchev–Trinajstić information content (AvgIpc) is 2.53. The SMILES string of the molecule is COc1ccc(C(=O)NC(C)(C)c2ccccc2F)cc1OC. The number of methoxy groups -OCH3 is 2. The van der Waals surface area contributed by atoms with Crippen molar-refractivity contribution in [1.29, 1.82) is 0 Å². The third-order valence-electron chi connectivity index (χ3n) is 3.62. The molecule has 2 rings (SSSR count). The number of hydrogen-bond acceptors (Lipinski definition) is 3. The molecule has 0 bridgehead atoms. The van der Waals surface area contributed by atoms with Crippen LogP contribution in [0.1, 0.15) is 29.8 Å². The summed E-state index contributed by atoms with van der Waals surface area (Å²) in [6, 6.07) is 11.3. The maximum absolute atomic E-state index is 14.0. The molecule has 0 aliphatic heterocycles. The summed E-state index contributed by atoms with van der Waals surface area (Å²) < 4.78 is 24.3. The molecule has 0 heterocycles. The Morgan fingerprint density at radius 2 is 1.70 bits per heavy atom. The van der Waals surface area contributed by atoms with Gasteiger partial charge in [0, 0.05) is 11.1 Å². The number of amides is 1. The second kappa shape index (κ2) is 6.69. The number of rotatable bonds is 5. The molecule has 1 amide bonds.